The Balaban J connectivity index is 1.61. The Hall–Kier alpha value is -2.93. The summed E-state index contributed by atoms with van der Waals surface area (Å²) in [5.41, 5.74) is 3.53. The summed E-state index contributed by atoms with van der Waals surface area (Å²) in [7, 11) is 0. The molecule has 0 spiro atoms. The van der Waals surface area contributed by atoms with Crippen molar-refractivity contribution in [3.05, 3.63) is 59.7 Å². The molecule has 1 N–H and O–H groups in total. The summed E-state index contributed by atoms with van der Waals surface area (Å²) < 4.78 is 0. The minimum Gasteiger partial charge on any atom is -0.325 e. The highest BCUT2D eigenvalue weighted by atomic mass is 32.2. The van der Waals surface area contributed by atoms with Crippen molar-refractivity contribution in [3.8, 4) is 0 Å². The average molecular weight is 435 g/mol. The third-order valence-electron chi connectivity index (χ3n) is 5.34. The van der Waals surface area contributed by atoms with Crippen molar-refractivity contribution >= 4 is 46.0 Å². The molecule has 0 radical (unpaired) electrons. The number of amidine groups is 2. The molecule has 0 saturated heterocycles. The number of nitrogens with zero attached hydrogens (tertiary/aromatic N) is 3. The van der Waals surface area contributed by atoms with Crippen molar-refractivity contribution in [1.29, 1.82) is 0 Å². The highest BCUT2D eigenvalue weighted by Crippen LogP contribution is 2.36. The average Bonchev–Trinajstić information content (AvgIpc) is 3.10. The third kappa shape index (κ3) is 4.28. The van der Waals surface area contributed by atoms with Gasteiger partial charge in [-0.25, -0.2) is 9.89 Å². The molecule has 2 aliphatic rings. The van der Waals surface area contributed by atoms with Gasteiger partial charge < -0.3 is 5.32 Å². The molecule has 31 heavy (non-hydrogen) atoms. The molecule has 7 heteroatoms. The van der Waals surface area contributed by atoms with Crippen LogP contribution in [0.5, 0.6) is 0 Å². The van der Waals surface area contributed by atoms with Crippen LogP contribution in [0.2, 0.25) is 0 Å². The zero-order valence-electron chi connectivity index (χ0n) is 18.0. The largest absolute Gasteiger partial charge is 0.325 e. The molecule has 6 nitrogen and oxygen atoms in total. The van der Waals surface area contributed by atoms with Crippen LogP contribution in [0, 0.1) is 6.92 Å². The van der Waals surface area contributed by atoms with E-state index in [1.54, 1.807) is 4.90 Å². The van der Waals surface area contributed by atoms with Gasteiger partial charge >= 0.3 is 0 Å². The van der Waals surface area contributed by atoms with E-state index in [1.165, 1.54) is 11.8 Å². The number of hydrogen-bond donors (Lipinski definition) is 1. The maximum atomic E-state index is 13.1. The Morgan fingerprint density at radius 2 is 1.90 bits per heavy atom. The normalized spacial score (nSPS) is 18.1. The Bertz CT molecular complexity index is 1060. The number of carbonyl (C=O) groups is 2. The second-order valence-corrected chi connectivity index (χ2v) is 8.88. The van der Waals surface area contributed by atoms with E-state index in [-0.39, 0.29) is 17.1 Å². The monoisotopic (exact) mass is 434 g/mol. The maximum absolute atomic E-state index is 13.1. The van der Waals surface area contributed by atoms with Crippen LogP contribution in [-0.2, 0) is 9.59 Å². The van der Waals surface area contributed by atoms with Crippen LogP contribution in [-0.4, -0.2) is 39.0 Å². The van der Waals surface area contributed by atoms with Crippen LogP contribution in [0.15, 0.2) is 58.5 Å². The molecule has 2 aromatic carbocycles. The molecule has 2 amide bonds. The molecule has 2 heterocycles. The molecule has 0 bridgehead atoms. The number of rotatable bonds is 6. The fourth-order valence-electron chi connectivity index (χ4n) is 3.65. The van der Waals surface area contributed by atoms with Crippen LogP contribution >= 0.6 is 11.8 Å². The summed E-state index contributed by atoms with van der Waals surface area (Å²) in [5.74, 6) is 0.477. The van der Waals surface area contributed by atoms with Crippen LogP contribution in [0.25, 0.3) is 0 Å². The summed E-state index contributed by atoms with van der Waals surface area (Å²) in [6.45, 7) is 6.02. The zero-order chi connectivity index (χ0) is 22.0. The Morgan fingerprint density at radius 1 is 1.16 bits per heavy atom. The number of benzene rings is 2. The third-order valence-corrected chi connectivity index (χ3v) is 6.66. The highest BCUT2D eigenvalue weighted by Gasteiger charge is 2.41. The van der Waals surface area contributed by atoms with Gasteiger partial charge in [0.25, 0.3) is 5.91 Å². The lowest BCUT2D eigenvalue weighted by atomic mass is 10.1. The van der Waals surface area contributed by atoms with Crippen molar-refractivity contribution in [3.63, 3.8) is 0 Å². The number of aliphatic imine (C=N–C) groups is 2. The van der Waals surface area contributed by atoms with Gasteiger partial charge in [0.1, 0.15) is 11.9 Å². The summed E-state index contributed by atoms with van der Waals surface area (Å²) in [6.07, 6.45) is 2.18. The van der Waals surface area contributed by atoms with E-state index < -0.39 is 6.04 Å². The number of thioether (sulfide) groups is 1. The summed E-state index contributed by atoms with van der Waals surface area (Å²) in [5, 5.41) is 3.12. The molecule has 2 aliphatic heterocycles. The van der Waals surface area contributed by atoms with Gasteiger partial charge in [-0.3, -0.25) is 14.6 Å². The molecular weight excluding hydrogens is 408 g/mol. The Morgan fingerprint density at radius 3 is 2.61 bits per heavy atom. The van der Waals surface area contributed by atoms with E-state index in [2.05, 4.69) is 5.32 Å². The first-order chi connectivity index (χ1) is 15.0. The summed E-state index contributed by atoms with van der Waals surface area (Å²) in [4.78, 5) is 37.2. The van der Waals surface area contributed by atoms with Gasteiger partial charge in [-0.15, -0.1) is 0 Å². The molecular formula is C24H26N4O2S. The lowest BCUT2D eigenvalue weighted by Gasteiger charge is -2.27. The van der Waals surface area contributed by atoms with Crippen molar-refractivity contribution in [2.45, 2.75) is 51.3 Å². The summed E-state index contributed by atoms with van der Waals surface area (Å²) in [6, 6.07) is 15.0. The van der Waals surface area contributed by atoms with Crippen molar-refractivity contribution in [2.75, 3.05) is 5.32 Å². The number of carbonyl (C=O) groups excluding carboxylic acids is 2. The SMILES string of the molecule is CCC[C@H]1N=C2c3ccccc3N=C(S[C@H](CC)C(=O)Nc3ccc(C)cc3)N2C1=O. The fraction of sp³-hybridized carbons (Fsp3) is 0.333. The lowest BCUT2D eigenvalue weighted by Crippen LogP contribution is -2.42. The number of hydrogen-bond acceptors (Lipinski definition) is 5. The summed E-state index contributed by atoms with van der Waals surface area (Å²) >= 11 is 1.32. The quantitative estimate of drug-likeness (QED) is 0.702. The van der Waals surface area contributed by atoms with Gasteiger partial charge in [0.05, 0.1) is 10.9 Å². The van der Waals surface area contributed by atoms with Crippen LogP contribution in [0.4, 0.5) is 11.4 Å². The first-order valence-corrected chi connectivity index (χ1v) is 11.5. The van der Waals surface area contributed by atoms with E-state index in [1.807, 2.05) is 69.3 Å². The predicted molar refractivity (Wildman–Crippen MR) is 127 cm³/mol. The number of para-hydroxylation sites is 1. The first kappa shape index (κ1) is 21.3. The smallest absolute Gasteiger partial charge is 0.259 e. The van der Waals surface area contributed by atoms with Crippen molar-refractivity contribution < 1.29 is 9.59 Å². The second-order valence-electron chi connectivity index (χ2n) is 7.71. The number of aryl methyl sites for hydroxylation is 1. The fourth-order valence-corrected chi connectivity index (χ4v) is 4.67. The molecule has 0 saturated carbocycles. The second kappa shape index (κ2) is 9.06. The van der Waals surface area contributed by atoms with Crippen LogP contribution < -0.4 is 5.32 Å². The van der Waals surface area contributed by atoms with Gasteiger partial charge in [-0.05, 0) is 44.0 Å². The molecule has 0 fully saturated rings. The van der Waals surface area contributed by atoms with Gasteiger partial charge in [-0.2, -0.15) is 0 Å². The topological polar surface area (TPSA) is 74.1 Å². The van der Waals surface area contributed by atoms with Gasteiger partial charge in [0.15, 0.2) is 5.17 Å². The molecule has 0 aromatic heterocycles. The van der Waals surface area contributed by atoms with Crippen LogP contribution in [0.1, 0.15) is 44.2 Å². The van der Waals surface area contributed by atoms with Crippen molar-refractivity contribution in [1.82, 2.24) is 4.90 Å². The minimum atomic E-state index is -0.390. The van der Waals surface area contributed by atoms with Gasteiger partial charge in [0.2, 0.25) is 5.91 Å². The zero-order valence-corrected chi connectivity index (χ0v) is 18.8. The number of amides is 2. The maximum Gasteiger partial charge on any atom is 0.259 e. The molecule has 0 unspecified atom stereocenters. The van der Waals surface area contributed by atoms with E-state index in [0.717, 1.165) is 28.9 Å². The lowest BCUT2D eigenvalue weighted by molar-refractivity contribution is -0.124. The Kier molecular flexibility index (Phi) is 6.23. The van der Waals surface area contributed by atoms with Gasteiger partial charge in [0, 0.05) is 11.3 Å². The molecule has 160 valence electrons. The van der Waals surface area contributed by atoms with Gasteiger partial charge in [-0.1, -0.05) is 61.9 Å². The molecule has 4 rings (SSSR count). The minimum absolute atomic E-state index is 0.0635. The molecule has 2 aromatic rings. The number of nitrogens with one attached hydrogen (secondary N) is 1. The van der Waals surface area contributed by atoms with E-state index in [0.29, 0.717) is 23.8 Å². The number of anilines is 1. The first-order valence-electron chi connectivity index (χ1n) is 10.7. The molecule has 2 atom stereocenters. The Labute approximate surface area is 186 Å². The van der Waals surface area contributed by atoms with Crippen molar-refractivity contribution in [2.24, 2.45) is 9.98 Å². The number of fused-ring (bicyclic) bond motifs is 3. The predicted octanol–water partition coefficient (Wildman–Crippen LogP) is 4.90. The van der Waals surface area contributed by atoms with E-state index >= 15 is 0 Å². The van der Waals surface area contributed by atoms with E-state index in [9.17, 15) is 9.59 Å². The highest BCUT2D eigenvalue weighted by molar-refractivity contribution is 8.15. The van der Waals surface area contributed by atoms with Crippen LogP contribution in [0.3, 0.4) is 0 Å². The molecule has 0 aliphatic carbocycles. The van der Waals surface area contributed by atoms with E-state index in [4.69, 9.17) is 9.98 Å². The standard InChI is InChI=1S/C24H26N4O2S/c1-4-8-19-23(30)28-21(26-19)17-9-6-7-10-18(17)27-24(28)31-20(5-2)22(29)25-16-13-11-15(3)12-14-16/h6-7,9-14,19-20H,4-5,8H2,1-3H3,(H,25,29)/t19-,20-/m1/s1.